The van der Waals surface area contributed by atoms with Gasteiger partial charge in [-0.25, -0.2) is 4.98 Å². The predicted octanol–water partition coefficient (Wildman–Crippen LogP) is 2.00. The summed E-state index contributed by atoms with van der Waals surface area (Å²) in [6, 6.07) is 7.52. The SMILES string of the molecule is CC(=O)N1CCOC(C(=O)Nc2cccc(-c3nccs3)c2)C1. The van der Waals surface area contributed by atoms with Crippen LogP contribution in [0.25, 0.3) is 10.6 Å². The molecule has 1 aromatic heterocycles. The molecule has 0 saturated carbocycles. The van der Waals surface area contributed by atoms with Gasteiger partial charge in [0.25, 0.3) is 5.91 Å². The Bertz CT molecular complexity index is 702. The highest BCUT2D eigenvalue weighted by Gasteiger charge is 2.27. The van der Waals surface area contributed by atoms with Crippen molar-refractivity contribution in [1.82, 2.24) is 9.88 Å². The molecule has 1 aromatic carbocycles. The van der Waals surface area contributed by atoms with Gasteiger partial charge in [-0.05, 0) is 12.1 Å². The highest BCUT2D eigenvalue weighted by atomic mass is 32.1. The van der Waals surface area contributed by atoms with E-state index in [2.05, 4.69) is 10.3 Å². The van der Waals surface area contributed by atoms with Crippen LogP contribution >= 0.6 is 11.3 Å². The molecule has 2 heterocycles. The predicted molar refractivity (Wildman–Crippen MR) is 88.2 cm³/mol. The Morgan fingerprint density at radius 2 is 2.30 bits per heavy atom. The fourth-order valence-electron chi connectivity index (χ4n) is 2.41. The number of hydrogen-bond acceptors (Lipinski definition) is 5. The van der Waals surface area contributed by atoms with Gasteiger partial charge in [-0.15, -0.1) is 11.3 Å². The van der Waals surface area contributed by atoms with Crippen molar-refractivity contribution in [3.63, 3.8) is 0 Å². The van der Waals surface area contributed by atoms with Gasteiger partial charge in [-0.1, -0.05) is 12.1 Å². The van der Waals surface area contributed by atoms with E-state index in [0.717, 1.165) is 10.6 Å². The van der Waals surface area contributed by atoms with Gasteiger partial charge in [0.2, 0.25) is 5.91 Å². The number of benzene rings is 1. The molecule has 2 aromatic rings. The van der Waals surface area contributed by atoms with E-state index in [1.807, 2.05) is 29.6 Å². The van der Waals surface area contributed by atoms with Gasteiger partial charge in [-0.2, -0.15) is 0 Å². The van der Waals surface area contributed by atoms with Crippen LogP contribution in [0.1, 0.15) is 6.92 Å². The second kappa shape index (κ2) is 6.89. The number of rotatable bonds is 3. The van der Waals surface area contributed by atoms with Crippen molar-refractivity contribution in [1.29, 1.82) is 0 Å². The number of thiazole rings is 1. The smallest absolute Gasteiger partial charge is 0.255 e. The lowest BCUT2D eigenvalue weighted by atomic mass is 10.2. The van der Waals surface area contributed by atoms with Gasteiger partial charge >= 0.3 is 0 Å². The summed E-state index contributed by atoms with van der Waals surface area (Å²) < 4.78 is 5.48. The topological polar surface area (TPSA) is 71.5 Å². The van der Waals surface area contributed by atoms with Gasteiger partial charge in [-0.3, -0.25) is 9.59 Å². The zero-order chi connectivity index (χ0) is 16.2. The van der Waals surface area contributed by atoms with Crippen LogP contribution < -0.4 is 5.32 Å². The molecule has 1 saturated heterocycles. The summed E-state index contributed by atoms with van der Waals surface area (Å²) in [6.07, 6.45) is 1.11. The molecule has 2 amide bonds. The minimum absolute atomic E-state index is 0.0446. The van der Waals surface area contributed by atoms with Crippen LogP contribution in [0, 0.1) is 0 Å². The van der Waals surface area contributed by atoms with Crippen molar-refractivity contribution in [2.45, 2.75) is 13.0 Å². The molecule has 3 rings (SSSR count). The summed E-state index contributed by atoms with van der Waals surface area (Å²) >= 11 is 1.54. The Balaban J connectivity index is 1.68. The lowest BCUT2D eigenvalue weighted by Crippen LogP contribution is -2.49. The fourth-order valence-corrected chi connectivity index (χ4v) is 3.05. The normalized spacial score (nSPS) is 17.8. The van der Waals surface area contributed by atoms with E-state index in [1.165, 1.54) is 6.92 Å². The van der Waals surface area contributed by atoms with Crippen molar-refractivity contribution < 1.29 is 14.3 Å². The molecule has 6 nitrogen and oxygen atoms in total. The monoisotopic (exact) mass is 331 g/mol. The highest BCUT2D eigenvalue weighted by Crippen LogP contribution is 2.24. The maximum absolute atomic E-state index is 12.3. The number of carbonyl (C=O) groups excluding carboxylic acids is 2. The standard InChI is InChI=1S/C16H17N3O3S/c1-11(20)19-6-7-22-14(10-19)15(21)18-13-4-2-3-12(9-13)16-17-5-8-23-16/h2-5,8-9,14H,6-7,10H2,1H3,(H,18,21). The lowest BCUT2D eigenvalue weighted by molar-refractivity contribution is -0.143. The molecule has 23 heavy (non-hydrogen) atoms. The van der Waals surface area contributed by atoms with E-state index in [-0.39, 0.29) is 18.4 Å². The maximum atomic E-state index is 12.3. The van der Waals surface area contributed by atoms with Gasteiger partial charge in [0.15, 0.2) is 6.10 Å². The molecule has 1 fully saturated rings. The van der Waals surface area contributed by atoms with E-state index in [0.29, 0.717) is 18.8 Å². The number of ether oxygens (including phenoxy) is 1. The molecule has 1 aliphatic heterocycles. The first kappa shape index (κ1) is 15.6. The average Bonchev–Trinajstić information content (AvgIpc) is 3.10. The van der Waals surface area contributed by atoms with Crippen molar-refractivity contribution in [3.05, 3.63) is 35.8 Å². The van der Waals surface area contributed by atoms with Crippen LogP contribution in [0.4, 0.5) is 5.69 Å². The van der Waals surface area contributed by atoms with Gasteiger partial charge in [0, 0.05) is 36.3 Å². The second-order valence-electron chi connectivity index (χ2n) is 5.23. The van der Waals surface area contributed by atoms with Gasteiger partial charge in [0.05, 0.1) is 13.2 Å². The number of morpholine rings is 1. The van der Waals surface area contributed by atoms with Crippen molar-refractivity contribution >= 4 is 28.8 Å². The fraction of sp³-hybridized carbons (Fsp3) is 0.312. The summed E-state index contributed by atoms with van der Waals surface area (Å²) in [6.45, 7) is 2.68. The zero-order valence-corrected chi connectivity index (χ0v) is 13.5. The number of aromatic nitrogens is 1. The molecular formula is C16H17N3O3S. The third-order valence-electron chi connectivity index (χ3n) is 3.61. The number of nitrogens with one attached hydrogen (secondary N) is 1. The third-order valence-corrected chi connectivity index (χ3v) is 4.44. The lowest BCUT2D eigenvalue weighted by Gasteiger charge is -2.31. The Labute approximate surface area is 138 Å². The molecule has 1 aliphatic rings. The first-order valence-electron chi connectivity index (χ1n) is 7.31. The van der Waals surface area contributed by atoms with Crippen LogP contribution in [0.15, 0.2) is 35.8 Å². The first-order valence-corrected chi connectivity index (χ1v) is 8.19. The van der Waals surface area contributed by atoms with Crippen molar-refractivity contribution in [3.8, 4) is 10.6 Å². The van der Waals surface area contributed by atoms with Crippen LogP contribution in [0.3, 0.4) is 0 Å². The summed E-state index contributed by atoms with van der Waals surface area (Å²) in [5, 5.41) is 5.66. The summed E-state index contributed by atoms with van der Waals surface area (Å²) in [5.41, 5.74) is 1.64. The molecule has 120 valence electrons. The van der Waals surface area contributed by atoms with Crippen LogP contribution in [0.2, 0.25) is 0 Å². The van der Waals surface area contributed by atoms with Crippen LogP contribution in [0.5, 0.6) is 0 Å². The number of hydrogen-bond donors (Lipinski definition) is 1. The molecule has 0 radical (unpaired) electrons. The quantitative estimate of drug-likeness (QED) is 0.934. The van der Waals surface area contributed by atoms with Gasteiger partial charge in [0.1, 0.15) is 5.01 Å². The minimum atomic E-state index is -0.642. The molecule has 7 heteroatoms. The molecule has 0 bridgehead atoms. The molecule has 1 N–H and O–H groups in total. The van der Waals surface area contributed by atoms with Gasteiger partial charge < -0.3 is 15.0 Å². The molecule has 1 unspecified atom stereocenters. The number of anilines is 1. The number of amides is 2. The molecular weight excluding hydrogens is 314 g/mol. The van der Waals surface area contributed by atoms with Crippen molar-refractivity contribution in [2.24, 2.45) is 0 Å². The largest absolute Gasteiger partial charge is 0.365 e. The third kappa shape index (κ3) is 3.75. The summed E-state index contributed by atoms with van der Waals surface area (Å²) in [4.78, 5) is 29.7. The van der Waals surface area contributed by atoms with E-state index in [4.69, 9.17) is 4.74 Å². The molecule has 0 aliphatic carbocycles. The minimum Gasteiger partial charge on any atom is -0.365 e. The first-order chi connectivity index (χ1) is 11.1. The Morgan fingerprint density at radius 1 is 1.43 bits per heavy atom. The number of nitrogens with zero attached hydrogens (tertiary/aromatic N) is 2. The van der Waals surface area contributed by atoms with E-state index >= 15 is 0 Å². The zero-order valence-electron chi connectivity index (χ0n) is 12.7. The van der Waals surface area contributed by atoms with Crippen LogP contribution in [-0.2, 0) is 14.3 Å². The summed E-state index contributed by atoms with van der Waals surface area (Å²) in [5.74, 6) is -0.288. The van der Waals surface area contributed by atoms with E-state index in [9.17, 15) is 9.59 Å². The highest BCUT2D eigenvalue weighted by molar-refractivity contribution is 7.13. The van der Waals surface area contributed by atoms with E-state index in [1.54, 1.807) is 22.4 Å². The Morgan fingerprint density at radius 3 is 3.04 bits per heavy atom. The maximum Gasteiger partial charge on any atom is 0.255 e. The molecule has 1 atom stereocenters. The van der Waals surface area contributed by atoms with Crippen LogP contribution in [-0.4, -0.2) is 47.5 Å². The Hall–Kier alpha value is -2.25. The Kier molecular flexibility index (Phi) is 4.68. The van der Waals surface area contributed by atoms with Crippen molar-refractivity contribution in [2.75, 3.05) is 25.0 Å². The summed E-state index contributed by atoms with van der Waals surface area (Å²) in [7, 11) is 0. The molecule has 0 spiro atoms. The van der Waals surface area contributed by atoms with E-state index < -0.39 is 6.10 Å². The average molecular weight is 331 g/mol. The second-order valence-corrected chi connectivity index (χ2v) is 6.13. The number of carbonyl (C=O) groups is 2.